The molecule has 0 spiro atoms. The molecule has 0 heterocycles. The molecule has 2 aromatic carbocycles. The van der Waals surface area contributed by atoms with Crippen molar-refractivity contribution in [1.82, 2.24) is 5.32 Å². The summed E-state index contributed by atoms with van der Waals surface area (Å²) in [6.07, 6.45) is 0. The lowest BCUT2D eigenvalue weighted by Gasteiger charge is -2.12. The van der Waals surface area contributed by atoms with Crippen molar-refractivity contribution in [2.45, 2.75) is 0 Å². The van der Waals surface area contributed by atoms with Gasteiger partial charge >= 0.3 is 0 Å². The van der Waals surface area contributed by atoms with Gasteiger partial charge in [-0.15, -0.1) is 0 Å². The lowest BCUT2D eigenvalue weighted by molar-refractivity contribution is -0.121. The lowest BCUT2D eigenvalue weighted by Crippen LogP contribution is -2.37. The highest BCUT2D eigenvalue weighted by molar-refractivity contribution is 9.11. The zero-order valence-electron chi connectivity index (χ0n) is 12.3. The number of hydrogen-bond donors (Lipinski definition) is 3. The van der Waals surface area contributed by atoms with Crippen LogP contribution in [0.15, 0.2) is 39.3 Å². The standard InChI is InChI=1S/C15H10Br2Cl2N2O3S/c16-9-4-8(5-10(17)14(9)23)20-15(25)21-13(22)6-24-12-2-1-7(18)3-11(12)19/h1-5,23H,6H2,(H2,20,21,22,25). The summed E-state index contributed by atoms with van der Waals surface area (Å²) < 4.78 is 6.26. The van der Waals surface area contributed by atoms with E-state index in [1.807, 2.05) is 0 Å². The second-order valence-electron chi connectivity index (χ2n) is 4.65. The quantitative estimate of drug-likeness (QED) is 0.380. The molecule has 0 saturated carbocycles. The van der Waals surface area contributed by atoms with Gasteiger partial charge in [-0.3, -0.25) is 10.1 Å². The average Bonchev–Trinajstić information content (AvgIpc) is 2.51. The second kappa shape index (κ2) is 9.05. The Bertz CT molecular complexity index is 813. The number of nitrogens with one attached hydrogen (secondary N) is 2. The number of anilines is 1. The number of carbonyl (C=O) groups is 1. The molecule has 1 amide bonds. The number of phenols is 1. The molecular formula is C15H10Br2Cl2N2O3S. The van der Waals surface area contributed by atoms with Crippen LogP contribution in [0.2, 0.25) is 10.0 Å². The highest BCUT2D eigenvalue weighted by Gasteiger charge is 2.10. The fourth-order valence-corrected chi connectivity index (χ4v) is 3.58. The summed E-state index contributed by atoms with van der Waals surface area (Å²) in [5.41, 5.74) is 0.573. The molecule has 0 saturated heterocycles. The van der Waals surface area contributed by atoms with Crippen molar-refractivity contribution in [3.63, 3.8) is 0 Å². The van der Waals surface area contributed by atoms with E-state index in [2.05, 4.69) is 42.5 Å². The minimum atomic E-state index is -0.458. The first-order valence-electron chi connectivity index (χ1n) is 6.63. The number of aromatic hydroxyl groups is 1. The highest BCUT2D eigenvalue weighted by atomic mass is 79.9. The van der Waals surface area contributed by atoms with Gasteiger partial charge in [0.15, 0.2) is 11.7 Å². The maximum Gasteiger partial charge on any atom is 0.264 e. The Morgan fingerprint density at radius 2 is 1.84 bits per heavy atom. The minimum Gasteiger partial charge on any atom is -0.506 e. The third kappa shape index (κ3) is 6.00. The van der Waals surface area contributed by atoms with Crippen molar-refractivity contribution >= 4 is 84.0 Å². The van der Waals surface area contributed by atoms with Gasteiger partial charge in [0.1, 0.15) is 11.5 Å². The van der Waals surface area contributed by atoms with E-state index in [4.69, 9.17) is 40.2 Å². The van der Waals surface area contributed by atoms with Gasteiger partial charge in [-0.2, -0.15) is 0 Å². The first-order valence-corrected chi connectivity index (χ1v) is 9.38. The monoisotopic (exact) mass is 526 g/mol. The lowest BCUT2D eigenvalue weighted by atomic mass is 10.3. The number of ether oxygens (including phenoxy) is 1. The molecule has 0 atom stereocenters. The summed E-state index contributed by atoms with van der Waals surface area (Å²) in [7, 11) is 0. The van der Waals surface area contributed by atoms with Crippen LogP contribution in [0, 0.1) is 0 Å². The molecule has 2 aromatic rings. The normalized spacial score (nSPS) is 10.2. The molecule has 0 aromatic heterocycles. The smallest absolute Gasteiger partial charge is 0.264 e. The van der Waals surface area contributed by atoms with Crippen LogP contribution in [0.3, 0.4) is 0 Å². The molecule has 0 fully saturated rings. The first-order chi connectivity index (χ1) is 11.8. The Kier molecular flexibility index (Phi) is 7.33. The van der Waals surface area contributed by atoms with E-state index in [1.165, 1.54) is 6.07 Å². The molecule has 0 bridgehead atoms. The number of amides is 1. The number of phenolic OH excluding ortho intramolecular Hbond substituents is 1. The van der Waals surface area contributed by atoms with Gasteiger partial charge in [-0.25, -0.2) is 0 Å². The summed E-state index contributed by atoms with van der Waals surface area (Å²) in [5, 5.41) is 15.8. The van der Waals surface area contributed by atoms with Crippen LogP contribution < -0.4 is 15.4 Å². The topological polar surface area (TPSA) is 70.6 Å². The maximum atomic E-state index is 11.9. The van der Waals surface area contributed by atoms with Crippen molar-refractivity contribution in [2.24, 2.45) is 0 Å². The summed E-state index contributed by atoms with van der Waals surface area (Å²) in [5.74, 6) is -0.0549. The zero-order chi connectivity index (χ0) is 18.6. The Hall–Kier alpha value is -1.06. The molecule has 3 N–H and O–H groups in total. The van der Waals surface area contributed by atoms with Crippen molar-refractivity contribution in [3.05, 3.63) is 49.3 Å². The van der Waals surface area contributed by atoms with Crippen molar-refractivity contribution < 1.29 is 14.6 Å². The van der Waals surface area contributed by atoms with E-state index in [0.717, 1.165) is 0 Å². The molecule has 0 aliphatic heterocycles. The first kappa shape index (κ1) is 20.3. The van der Waals surface area contributed by atoms with Crippen molar-refractivity contribution in [1.29, 1.82) is 0 Å². The fraction of sp³-hybridized carbons (Fsp3) is 0.0667. The molecule has 0 aliphatic rings. The van der Waals surface area contributed by atoms with Gasteiger partial charge in [0.25, 0.3) is 5.91 Å². The van der Waals surface area contributed by atoms with E-state index >= 15 is 0 Å². The molecular weight excluding hydrogens is 519 g/mol. The van der Waals surface area contributed by atoms with E-state index < -0.39 is 5.91 Å². The van der Waals surface area contributed by atoms with Crippen molar-refractivity contribution in [3.8, 4) is 11.5 Å². The van der Waals surface area contributed by atoms with Gasteiger partial charge in [-0.05, 0) is 74.4 Å². The largest absolute Gasteiger partial charge is 0.506 e. The highest BCUT2D eigenvalue weighted by Crippen LogP contribution is 2.35. The van der Waals surface area contributed by atoms with Crippen LogP contribution in [-0.2, 0) is 4.79 Å². The number of rotatable bonds is 4. The van der Waals surface area contributed by atoms with Crippen LogP contribution in [0.4, 0.5) is 5.69 Å². The Morgan fingerprint density at radius 3 is 2.44 bits per heavy atom. The molecule has 5 nitrogen and oxygen atoms in total. The molecule has 0 radical (unpaired) electrons. The van der Waals surface area contributed by atoms with E-state index in [9.17, 15) is 9.90 Å². The van der Waals surface area contributed by atoms with Gasteiger partial charge in [0, 0.05) is 10.7 Å². The number of benzene rings is 2. The number of halogens is 4. The van der Waals surface area contributed by atoms with E-state index in [1.54, 1.807) is 24.3 Å². The summed E-state index contributed by atoms with van der Waals surface area (Å²) in [4.78, 5) is 11.9. The maximum absolute atomic E-state index is 11.9. The van der Waals surface area contributed by atoms with Crippen LogP contribution >= 0.6 is 67.3 Å². The molecule has 0 aliphatic carbocycles. The second-order valence-corrected chi connectivity index (χ2v) is 7.61. The fourth-order valence-electron chi connectivity index (χ4n) is 1.70. The third-order valence-corrected chi connectivity index (χ3v) is 4.72. The van der Waals surface area contributed by atoms with E-state index in [-0.39, 0.29) is 17.5 Å². The van der Waals surface area contributed by atoms with Crippen LogP contribution in [0.5, 0.6) is 11.5 Å². The molecule has 25 heavy (non-hydrogen) atoms. The SMILES string of the molecule is O=C(COc1ccc(Cl)cc1Cl)NC(=S)Nc1cc(Br)c(O)c(Br)c1. The number of carbonyl (C=O) groups excluding carboxylic acids is 1. The van der Waals surface area contributed by atoms with Crippen LogP contribution in [0.25, 0.3) is 0 Å². The summed E-state index contributed by atoms with van der Waals surface area (Å²) in [6, 6.07) is 7.92. The number of thiocarbonyl (C=S) groups is 1. The van der Waals surface area contributed by atoms with E-state index in [0.29, 0.717) is 30.4 Å². The Morgan fingerprint density at radius 1 is 1.20 bits per heavy atom. The third-order valence-electron chi connectivity index (χ3n) is 2.78. The zero-order valence-corrected chi connectivity index (χ0v) is 17.8. The van der Waals surface area contributed by atoms with Gasteiger partial charge in [0.05, 0.1) is 14.0 Å². The van der Waals surface area contributed by atoms with Gasteiger partial charge in [-0.1, -0.05) is 23.2 Å². The molecule has 0 unspecified atom stereocenters. The van der Waals surface area contributed by atoms with Crippen LogP contribution in [0.1, 0.15) is 0 Å². The predicted octanol–water partition coefficient (Wildman–Crippen LogP) is 5.12. The summed E-state index contributed by atoms with van der Waals surface area (Å²) in [6.45, 7) is -0.272. The molecule has 132 valence electrons. The number of hydrogen-bond acceptors (Lipinski definition) is 4. The van der Waals surface area contributed by atoms with Crippen molar-refractivity contribution in [2.75, 3.05) is 11.9 Å². The Labute approximate surface area is 175 Å². The average molecular weight is 529 g/mol. The molecule has 2 rings (SSSR count). The predicted molar refractivity (Wildman–Crippen MR) is 110 cm³/mol. The molecule has 10 heteroatoms. The van der Waals surface area contributed by atoms with Gasteiger partial charge in [0.2, 0.25) is 0 Å². The Balaban J connectivity index is 1.89. The van der Waals surface area contributed by atoms with Crippen LogP contribution in [-0.4, -0.2) is 22.7 Å². The minimum absolute atomic E-state index is 0.0637. The van der Waals surface area contributed by atoms with Gasteiger partial charge < -0.3 is 15.2 Å². The summed E-state index contributed by atoms with van der Waals surface area (Å²) >= 11 is 23.2.